The molecule has 1 N–H and O–H groups in total. The maximum absolute atomic E-state index is 12.8. The Labute approximate surface area is 128 Å². The predicted molar refractivity (Wildman–Crippen MR) is 85.5 cm³/mol. The monoisotopic (exact) mass is 298 g/mol. The molecule has 21 heavy (non-hydrogen) atoms. The molecule has 3 heteroatoms. The molecule has 0 aliphatic heterocycles. The number of rotatable bonds is 3. The van der Waals surface area contributed by atoms with Gasteiger partial charge in [-0.2, -0.15) is 0 Å². The Bertz CT molecular complexity index is 685. The van der Waals surface area contributed by atoms with E-state index in [9.17, 15) is 9.90 Å². The number of Topliss-reactive ketones (excluding diaryl/α,β-unsaturated/α-hetero) is 1. The van der Waals surface area contributed by atoms with Crippen LogP contribution in [0, 0.1) is 5.92 Å². The van der Waals surface area contributed by atoms with Gasteiger partial charge < -0.3 is 5.11 Å². The van der Waals surface area contributed by atoms with Crippen LogP contribution in [0.1, 0.15) is 35.5 Å². The highest BCUT2D eigenvalue weighted by molar-refractivity contribution is 7.10. The first-order chi connectivity index (χ1) is 10.0. The number of carbonyl (C=O) groups excluding carboxylic acids is 1. The van der Waals surface area contributed by atoms with Gasteiger partial charge in [0, 0.05) is 16.0 Å². The molecular weight excluding hydrogens is 280 g/mol. The first kappa shape index (κ1) is 14.2. The number of carbonyl (C=O) groups is 1. The Balaban J connectivity index is 2.05. The third-order valence-electron chi connectivity index (χ3n) is 4.33. The zero-order valence-electron chi connectivity index (χ0n) is 12.2. The fourth-order valence-corrected chi connectivity index (χ4v) is 4.12. The fraction of sp³-hybridized carbons (Fsp3) is 0.278. The van der Waals surface area contributed by atoms with Crippen LogP contribution in [0.5, 0.6) is 0 Å². The summed E-state index contributed by atoms with van der Waals surface area (Å²) < 4.78 is 0. The van der Waals surface area contributed by atoms with E-state index in [1.807, 2.05) is 61.7 Å². The van der Waals surface area contributed by atoms with E-state index in [4.69, 9.17) is 0 Å². The van der Waals surface area contributed by atoms with Crippen LogP contribution in [0.4, 0.5) is 0 Å². The summed E-state index contributed by atoms with van der Waals surface area (Å²) in [6.45, 7) is 3.91. The number of ketones is 1. The van der Waals surface area contributed by atoms with Crippen LogP contribution in [0.25, 0.3) is 0 Å². The van der Waals surface area contributed by atoms with Crippen LogP contribution in [0.15, 0.2) is 59.0 Å². The van der Waals surface area contributed by atoms with E-state index in [1.54, 1.807) is 0 Å². The number of aliphatic hydroxyl groups is 1. The quantitative estimate of drug-likeness (QED) is 0.863. The minimum absolute atomic E-state index is 0.0353. The second-order valence-electron chi connectivity index (χ2n) is 5.68. The normalized spacial score (nSPS) is 25.4. The maximum atomic E-state index is 12.8. The first-order valence-electron chi connectivity index (χ1n) is 7.11. The van der Waals surface area contributed by atoms with Crippen molar-refractivity contribution in [2.24, 2.45) is 5.92 Å². The van der Waals surface area contributed by atoms with Crippen LogP contribution in [0.2, 0.25) is 0 Å². The lowest BCUT2D eigenvalue weighted by molar-refractivity contribution is 0.0734. The minimum atomic E-state index is -0.993. The van der Waals surface area contributed by atoms with Gasteiger partial charge in [0.2, 0.25) is 0 Å². The fourth-order valence-electron chi connectivity index (χ4n) is 3.23. The summed E-state index contributed by atoms with van der Waals surface area (Å²) in [6.07, 6.45) is 0.577. The van der Waals surface area contributed by atoms with Crippen molar-refractivity contribution in [2.45, 2.75) is 25.9 Å². The molecule has 0 radical (unpaired) electrons. The summed E-state index contributed by atoms with van der Waals surface area (Å²) >= 11 is 1.54. The van der Waals surface area contributed by atoms with Crippen LogP contribution in [0.3, 0.4) is 0 Å². The molecule has 0 unspecified atom stereocenters. The molecule has 1 aromatic heterocycles. The highest BCUT2D eigenvalue weighted by atomic mass is 32.1. The Hall–Kier alpha value is -1.71. The highest BCUT2D eigenvalue weighted by Crippen LogP contribution is 2.48. The van der Waals surface area contributed by atoms with Crippen molar-refractivity contribution in [1.29, 1.82) is 0 Å². The number of allylic oxidation sites excluding steroid dienone is 1. The second kappa shape index (κ2) is 5.24. The van der Waals surface area contributed by atoms with Gasteiger partial charge >= 0.3 is 0 Å². The average molecular weight is 298 g/mol. The zero-order chi connectivity index (χ0) is 15.0. The average Bonchev–Trinajstić information content (AvgIpc) is 3.09. The summed E-state index contributed by atoms with van der Waals surface area (Å²) in [5.74, 6) is 0.0953. The Morgan fingerprint density at radius 2 is 1.95 bits per heavy atom. The Morgan fingerprint density at radius 3 is 2.57 bits per heavy atom. The Morgan fingerprint density at radius 1 is 1.24 bits per heavy atom. The number of hydrogen-bond donors (Lipinski definition) is 1. The third-order valence-corrected chi connectivity index (χ3v) is 5.35. The molecule has 1 heterocycles. The lowest BCUT2D eigenvalue weighted by Crippen LogP contribution is -2.23. The molecule has 3 rings (SSSR count). The lowest BCUT2D eigenvalue weighted by Gasteiger charge is -2.23. The smallest absolute Gasteiger partial charge is 0.189 e. The van der Waals surface area contributed by atoms with Gasteiger partial charge in [0.1, 0.15) is 5.60 Å². The van der Waals surface area contributed by atoms with Gasteiger partial charge in [0.15, 0.2) is 5.78 Å². The van der Waals surface area contributed by atoms with Gasteiger partial charge in [-0.15, -0.1) is 11.3 Å². The van der Waals surface area contributed by atoms with E-state index in [-0.39, 0.29) is 11.7 Å². The molecule has 0 bridgehead atoms. The van der Waals surface area contributed by atoms with E-state index in [0.29, 0.717) is 12.0 Å². The molecule has 2 nitrogen and oxygen atoms in total. The van der Waals surface area contributed by atoms with Crippen LogP contribution in [-0.2, 0) is 5.60 Å². The van der Waals surface area contributed by atoms with Crippen molar-refractivity contribution < 1.29 is 9.90 Å². The highest BCUT2D eigenvalue weighted by Gasteiger charge is 2.44. The summed E-state index contributed by atoms with van der Waals surface area (Å²) in [5, 5.41) is 13.0. The number of thiophene rings is 1. The molecular formula is C18H18O2S. The maximum Gasteiger partial charge on any atom is 0.189 e. The standard InChI is InChI=1S/C18H18O2S/c1-12-11-18(20,15-9-6-10-21-15)13(2)16(12)17(19)14-7-4-3-5-8-14/h3-10,12,20H,11H2,1-2H3/t12-,18-/m1/s1. The predicted octanol–water partition coefficient (Wildman–Crippen LogP) is 4.17. The van der Waals surface area contributed by atoms with Crippen molar-refractivity contribution in [2.75, 3.05) is 0 Å². The zero-order valence-corrected chi connectivity index (χ0v) is 13.0. The van der Waals surface area contributed by atoms with Crippen molar-refractivity contribution in [3.05, 3.63) is 69.4 Å². The van der Waals surface area contributed by atoms with Gasteiger partial charge in [0.05, 0.1) is 0 Å². The van der Waals surface area contributed by atoms with E-state index < -0.39 is 5.60 Å². The SMILES string of the molecule is CC1=C(C(=O)c2ccccc2)[C@H](C)C[C@]1(O)c1cccs1. The van der Waals surface area contributed by atoms with Crippen molar-refractivity contribution >= 4 is 17.1 Å². The molecule has 108 valence electrons. The topological polar surface area (TPSA) is 37.3 Å². The lowest BCUT2D eigenvalue weighted by atomic mass is 9.93. The largest absolute Gasteiger partial charge is 0.380 e. The Kier molecular flexibility index (Phi) is 3.56. The molecule has 1 aliphatic rings. The number of benzene rings is 1. The van der Waals surface area contributed by atoms with E-state index in [1.165, 1.54) is 11.3 Å². The molecule has 0 saturated carbocycles. The van der Waals surface area contributed by atoms with Crippen molar-refractivity contribution in [3.63, 3.8) is 0 Å². The van der Waals surface area contributed by atoms with Crippen molar-refractivity contribution in [3.8, 4) is 0 Å². The molecule has 0 fully saturated rings. The van der Waals surface area contributed by atoms with Crippen LogP contribution < -0.4 is 0 Å². The summed E-state index contributed by atoms with van der Waals surface area (Å²) in [4.78, 5) is 13.7. The van der Waals surface area contributed by atoms with Crippen molar-refractivity contribution in [1.82, 2.24) is 0 Å². The van der Waals surface area contributed by atoms with Gasteiger partial charge in [-0.3, -0.25) is 4.79 Å². The second-order valence-corrected chi connectivity index (χ2v) is 6.62. The van der Waals surface area contributed by atoms with Gasteiger partial charge in [-0.25, -0.2) is 0 Å². The van der Waals surface area contributed by atoms with Crippen LogP contribution >= 0.6 is 11.3 Å². The van der Waals surface area contributed by atoms with E-state index in [2.05, 4.69) is 0 Å². The minimum Gasteiger partial charge on any atom is -0.380 e. The third kappa shape index (κ3) is 2.27. The summed E-state index contributed by atoms with van der Waals surface area (Å²) in [5.41, 5.74) is 1.26. The van der Waals surface area contributed by atoms with Crippen LogP contribution in [-0.4, -0.2) is 10.9 Å². The van der Waals surface area contributed by atoms with E-state index >= 15 is 0 Å². The molecule has 0 amide bonds. The molecule has 2 aromatic rings. The summed E-state index contributed by atoms with van der Waals surface area (Å²) in [6, 6.07) is 13.2. The molecule has 0 spiro atoms. The van der Waals surface area contributed by atoms with Gasteiger partial charge in [-0.1, -0.05) is 43.3 Å². The first-order valence-corrected chi connectivity index (χ1v) is 7.99. The van der Waals surface area contributed by atoms with E-state index in [0.717, 1.165) is 16.0 Å². The van der Waals surface area contributed by atoms with Gasteiger partial charge in [-0.05, 0) is 36.3 Å². The molecule has 2 atom stereocenters. The summed E-state index contributed by atoms with van der Waals surface area (Å²) in [7, 11) is 0. The molecule has 1 aromatic carbocycles. The molecule has 0 saturated heterocycles. The van der Waals surface area contributed by atoms with Gasteiger partial charge in [0.25, 0.3) is 0 Å². The molecule has 1 aliphatic carbocycles. The number of hydrogen-bond acceptors (Lipinski definition) is 3.